The van der Waals surface area contributed by atoms with E-state index in [-0.39, 0.29) is 0 Å². The largest absolute Gasteiger partial charge is 0.304 e. The van der Waals surface area contributed by atoms with E-state index in [2.05, 4.69) is 22.9 Å². The van der Waals surface area contributed by atoms with Crippen molar-refractivity contribution < 1.29 is 9.59 Å². The number of rotatable bonds is 4. The Morgan fingerprint density at radius 3 is 2.82 bits per heavy atom. The number of halogens is 1. The summed E-state index contributed by atoms with van der Waals surface area (Å²) in [5.74, 6) is 1.06. The van der Waals surface area contributed by atoms with Crippen molar-refractivity contribution in [3.8, 4) is 0 Å². The SMILES string of the molecule is CCSCCN1C(=O)C(=O)c2cc(Br)ccc21. The maximum absolute atomic E-state index is 11.8. The predicted molar refractivity (Wildman–Crippen MR) is 73.8 cm³/mol. The van der Waals surface area contributed by atoms with Gasteiger partial charge < -0.3 is 4.90 Å². The molecule has 17 heavy (non-hydrogen) atoms. The van der Waals surface area contributed by atoms with Crippen LogP contribution in [0.25, 0.3) is 0 Å². The van der Waals surface area contributed by atoms with E-state index in [0.29, 0.717) is 12.1 Å². The first-order valence-corrected chi connectivity index (χ1v) is 7.33. The number of fused-ring (bicyclic) bond motifs is 1. The number of Topliss-reactive ketones (excluding diaryl/α,β-unsaturated/α-hetero) is 1. The van der Waals surface area contributed by atoms with Crippen molar-refractivity contribution in [2.75, 3.05) is 23.0 Å². The Balaban J connectivity index is 2.25. The molecule has 0 aliphatic carbocycles. The van der Waals surface area contributed by atoms with Crippen LogP contribution in [0.3, 0.4) is 0 Å². The molecular weight excluding hydrogens is 302 g/mol. The first kappa shape index (κ1) is 12.6. The van der Waals surface area contributed by atoms with E-state index < -0.39 is 11.7 Å². The summed E-state index contributed by atoms with van der Waals surface area (Å²) in [4.78, 5) is 25.2. The van der Waals surface area contributed by atoms with Crippen LogP contribution in [0.1, 0.15) is 17.3 Å². The fourth-order valence-corrected chi connectivity index (χ4v) is 2.76. The highest BCUT2D eigenvalue weighted by atomic mass is 79.9. The average molecular weight is 314 g/mol. The van der Waals surface area contributed by atoms with Gasteiger partial charge in [0.1, 0.15) is 0 Å². The lowest BCUT2D eigenvalue weighted by atomic mass is 10.1. The van der Waals surface area contributed by atoms with Gasteiger partial charge in [-0.25, -0.2) is 0 Å². The molecule has 0 unspecified atom stereocenters. The Kier molecular flexibility index (Phi) is 3.89. The van der Waals surface area contributed by atoms with E-state index in [4.69, 9.17) is 0 Å². The summed E-state index contributed by atoms with van der Waals surface area (Å²) in [7, 11) is 0. The quantitative estimate of drug-likeness (QED) is 0.633. The highest BCUT2D eigenvalue weighted by Gasteiger charge is 2.35. The zero-order valence-corrected chi connectivity index (χ0v) is 11.8. The van der Waals surface area contributed by atoms with Crippen molar-refractivity contribution in [3.05, 3.63) is 28.2 Å². The van der Waals surface area contributed by atoms with E-state index in [0.717, 1.165) is 21.7 Å². The van der Waals surface area contributed by atoms with Crippen LogP contribution in [0, 0.1) is 0 Å². The van der Waals surface area contributed by atoms with Crippen molar-refractivity contribution in [1.29, 1.82) is 0 Å². The normalized spacial score (nSPS) is 14.4. The zero-order valence-electron chi connectivity index (χ0n) is 9.40. The van der Waals surface area contributed by atoms with Gasteiger partial charge in [0.15, 0.2) is 0 Å². The Morgan fingerprint density at radius 2 is 2.12 bits per heavy atom. The van der Waals surface area contributed by atoms with Gasteiger partial charge in [0.05, 0.1) is 11.3 Å². The van der Waals surface area contributed by atoms with Crippen LogP contribution in [0.4, 0.5) is 5.69 Å². The highest BCUT2D eigenvalue weighted by Crippen LogP contribution is 2.31. The second-order valence-corrected chi connectivity index (χ2v) is 5.95. The summed E-state index contributed by atoms with van der Waals surface area (Å²) in [6.45, 7) is 2.67. The molecule has 0 aromatic heterocycles. The number of hydrogen-bond acceptors (Lipinski definition) is 3. The van der Waals surface area contributed by atoms with Crippen molar-refractivity contribution >= 4 is 45.1 Å². The minimum Gasteiger partial charge on any atom is -0.304 e. The van der Waals surface area contributed by atoms with Crippen molar-refractivity contribution in [3.63, 3.8) is 0 Å². The molecule has 0 N–H and O–H groups in total. The minimum absolute atomic E-state index is 0.400. The van der Waals surface area contributed by atoms with Gasteiger partial charge in [0, 0.05) is 16.8 Å². The molecule has 0 saturated heterocycles. The van der Waals surface area contributed by atoms with Crippen LogP contribution < -0.4 is 4.90 Å². The number of anilines is 1. The second kappa shape index (κ2) is 5.23. The summed E-state index contributed by atoms with van der Waals surface area (Å²) < 4.78 is 0.821. The number of ketones is 1. The summed E-state index contributed by atoms with van der Waals surface area (Å²) in [6.07, 6.45) is 0. The zero-order chi connectivity index (χ0) is 12.4. The second-order valence-electron chi connectivity index (χ2n) is 3.64. The Morgan fingerprint density at radius 1 is 1.35 bits per heavy atom. The third-order valence-electron chi connectivity index (χ3n) is 2.60. The molecule has 1 heterocycles. The van der Waals surface area contributed by atoms with Gasteiger partial charge in [-0.3, -0.25) is 9.59 Å². The fourth-order valence-electron chi connectivity index (χ4n) is 1.79. The highest BCUT2D eigenvalue weighted by molar-refractivity contribution is 9.10. The molecule has 90 valence electrons. The molecule has 1 aliphatic heterocycles. The van der Waals surface area contributed by atoms with Crippen LogP contribution in [0.5, 0.6) is 0 Å². The van der Waals surface area contributed by atoms with Crippen LogP contribution in [0.15, 0.2) is 22.7 Å². The van der Waals surface area contributed by atoms with Gasteiger partial charge in [-0.05, 0) is 24.0 Å². The first-order valence-electron chi connectivity index (χ1n) is 5.38. The van der Waals surface area contributed by atoms with Crippen molar-refractivity contribution in [2.24, 2.45) is 0 Å². The number of amides is 1. The van der Waals surface area contributed by atoms with Gasteiger partial charge >= 0.3 is 0 Å². The Bertz CT molecular complexity index is 476. The summed E-state index contributed by atoms with van der Waals surface area (Å²) >= 11 is 5.07. The molecule has 3 nitrogen and oxygen atoms in total. The molecule has 2 rings (SSSR count). The van der Waals surface area contributed by atoms with Crippen LogP contribution in [-0.4, -0.2) is 29.7 Å². The van der Waals surface area contributed by atoms with Crippen LogP contribution >= 0.6 is 27.7 Å². The standard InChI is InChI=1S/C12H12BrNO2S/c1-2-17-6-5-14-10-4-3-8(13)7-9(10)11(15)12(14)16/h3-4,7H,2,5-6H2,1H3. The molecule has 5 heteroatoms. The Hall–Kier alpha value is -0.810. The molecule has 0 radical (unpaired) electrons. The van der Waals surface area contributed by atoms with E-state index >= 15 is 0 Å². The van der Waals surface area contributed by atoms with E-state index in [1.807, 2.05) is 12.1 Å². The molecule has 1 amide bonds. The number of benzene rings is 1. The smallest absolute Gasteiger partial charge is 0.299 e. The fraction of sp³-hybridized carbons (Fsp3) is 0.333. The molecule has 1 aliphatic rings. The third kappa shape index (κ3) is 2.40. The van der Waals surface area contributed by atoms with Crippen molar-refractivity contribution in [2.45, 2.75) is 6.92 Å². The molecule has 0 saturated carbocycles. The molecule has 1 aromatic rings. The molecule has 0 bridgehead atoms. The average Bonchev–Trinajstić information content (AvgIpc) is 2.54. The molecular formula is C12H12BrNO2S. The molecule has 0 spiro atoms. The van der Waals surface area contributed by atoms with E-state index in [1.54, 1.807) is 22.7 Å². The van der Waals surface area contributed by atoms with Gasteiger partial charge in [0.25, 0.3) is 11.7 Å². The summed E-state index contributed by atoms with van der Waals surface area (Å²) in [6, 6.07) is 5.38. The third-order valence-corrected chi connectivity index (χ3v) is 3.97. The van der Waals surface area contributed by atoms with Crippen LogP contribution in [-0.2, 0) is 4.79 Å². The number of carbonyl (C=O) groups is 2. The molecule has 0 fully saturated rings. The lowest BCUT2D eigenvalue weighted by Gasteiger charge is -2.15. The number of nitrogens with zero attached hydrogens (tertiary/aromatic N) is 1. The summed E-state index contributed by atoms with van der Waals surface area (Å²) in [5.41, 5.74) is 1.24. The van der Waals surface area contributed by atoms with Gasteiger partial charge in [-0.15, -0.1) is 0 Å². The van der Waals surface area contributed by atoms with Crippen molar-refractivity contribution in [1.82, 2.24) is 0 Å². The maximum atomic E-state index is 11.8. The molecule has 1 aromatic carbocycles. The van der Waals surface area contributed by atoms with Gasteiger partial charge in [0.2, 0.25) is 0 Å². The number of thioether (sulfide) groups is 1. The summed E-state index contributed by atoms with van der Waals surface area (Å²) in [5, 5.41) is 0. The Labute approximate surface area is 113 Å². The molecule has 0 atom stereocenters. The topological polar surface area (TPSA) is 37.4 Å². The van der Waals surface area contributed by atoms with Gasteiger partial charge in [-0.2, -0.15) is 11.8 Å². The maximum Gasteiger partial charge on any atom is 0.299 e. The van der Waals surface area contributed by atoms with E-state index in [1.165, 1.54) is 0 Å². The van der Waals surface area contributed by atoms with E-state index in [9.17, 15) is 9.59 Å². The van der Waals surface area contributed by atoms with Crippen LogP contribution in [0.2, 0.25) is 0 Å². The lowest BCUT2D eigenvalue weighted by Crippen LogP contribution is -2.31. The monoisotopic (exact) mass is 313 g/mol. The van der Waals surface area contributed by atoms with Gasteiger partial charge in [-0.1, -0.05) is 22.9 Å². The number of carbonyl (C=O) groups excluding carboxylic acids is 2. The number of hydrogen-bond donors (Lipinski definition) is 0. The first-order chi connectivity index (χ1) is 8.15. The lowest BCUT2D eigenvalue weighted by molar-refractivity contribution is -0.114. The minimum atomic E-state index is -0.408. The predicted octanol–water partition coefficient (Wildman–Crippen LogP) is 2.73.